The molecule has 0 radical (unpaired) electrons. The molecule has 1 saturated heterocycles. The molecule has 0 bridgehead atoms. The molecule has 1 aromatic rings. The molecule has 0 aromatic carbocycles. The number of nitrogens with zero attached hydrogens (tertiary/aromatic N) is 2. The highest BCUT2D eigenvalue weighted by molar-refractivity contribution is 7.80. The van der Waals surface area contributed by atoms with Crippen molar-refractivity contribution in [2.75, 3.05) is 24.7 Å². The van der Waals surface area contributed by atoms with Crippen molar-refractivity contribution in [3.63, 3.8) is 0 Å². The summed E-state index contributed by atoms with van der Waals surface area (Å²) >= 11 is 4.93. The van der Waals surface area contributed by atoms with Gasteiger partial charge in [-0.3, -0.25) is 4.98 Å². The topological polar surface area (TPSA) is 71.6 Å². The summed E-state index contributed by atoms with van der Waals surface area (Å²) in [5, 5.41) is 9.18. The van der Waals surface area contributed by atoms with Crippen LogP contribution in [0.5, 0.6) is 0 Å². The molecule has 2 unspecified atom stereocenters. The molecule has 0 aliphatic carbocycles. The normalized spacial score (nSPS) is 24.0. The molecule has 1 aliphatic heterocycles. The fourth-order valence-corrected chi connectivity index (χ4v) is 2.13. The Bertz CT molecular complexity index is 441. The van der Waals surface area contributed by atoms with E-state index < -0.39 is 0 Å². The van der Waals surface area contributed by atoms with Crippen LogP contribution in [0.3, 0.4) is 0 Å². The van der Waals surface area contributed by atoms with Gasteiger partial charge in [0, 0.05) is 24.5 Å². The number of thiocarbonyl (C=S) groups is 1. The van der Waals surface area contributed by atoms with Crippen molar-refractivity contribution in [2.24, 2.45) is 5.73 Å². The zero-order chi connectivity index (χ0) is 13.1. The minimum atomic E-state index is -0.150. The summed E-state index contributed by atoms with van der Waals surface area (Å²) in [4.78, 5) is 6.59. The quantitative estimate of drug-likeness (QED) is 0.768. The number of hydrogen-bond donors (Lipinski definition) is 2. The monoisotopic (exact) mass is 267 g/mol. The molecular weight excluding hydrogens is 250 g/mol. The van der Waals surface area contributed by atoms with Crippen molar-refractivity contribution in [1.82, 2.24) is 4.98 Å². The van der Waals surface area contributed by atoms with Crippen LogP contribution in [0, 0.1) is 0 Å². The summed E-state index contributed by atoms with van der Waals surface area (Å²) in [6.45, 7) is 3.35. The molecule has 1 aliphatic rings. The van der Waals surface area contributed by atoms with E-state index in [2.05, 4.69) is 16.8 Å². The predicted molar refractivity (Wildman–Crippen MR) is 73.8 cm³/mol. The largest absolute Gasteiger partial charge is 0.394 e. The average molecular weight is 267 g/mol. The highest BCUT2D eigenvalue weighted by Gasteiger charge is 2.26. The summed E-state index contributed by atoms with van der Waals surface area (Å²) in [6, 6.07) is 4.03. The molecule has 0 spiro atoms. The lowest BCUT2D eigenvalue weighted by Gasteiger charge is -2.39. The van der Waals surface area contributed by atoms with Crippen LogP contribution in [0.1, 0.15) is 12.6 Å². The second kappa shape index (κ2) is 5.60. The number of aromatic nitrogens is 1. The van der Waals surface area contributed by atoms with E-state index in [1.807, 2.05) is 12.1 Å². The first-order valence-corrected chi connectivity index (χ1v) is 6.27. The fraction of sp³-hybridized carbons (Fsp3) is 0.500. The van der Waals surface area contributed by atoms with Gasteiger partial charge in [-0.05, 0) is 19.1 Å². The summed E-state index contributed by atoms with van der Waals surface area (Å²) in [5.41, 5.74) is 7.20. The first-order valence-electron chi connectivity index (χ1n) is 5.86. The smallest absolute Gasteiger partial charge is 0.122 e. The van der Waals surface area contributed by atoms with Gasteiger partial charge in [-0.15, -0.1) is 0 Å². The molecule has 18 heavy (non-hydrogen) atoms. The van der Waals surface area contributed by atoms with E-state index in [0.29, 0.717) is 18.8 Å². The van der Waals surface area contributed by atoms with Crippen molar-refractivity contribution in [3.05, 3.63) is 24.0 Å². The number of ether oxygens (including phenoxy) is 1. The molecule has 1 aromatic heterocycles. The minimum absolute atomic E-state index is 0.0243. The second-order valence-corrected chi connectivity index (χ2v) is 4.84. The van der Waals surface area contributed by atoms with Crippen molar-refractivity contribution in [1.29, 1.82) is 0 Å². The third-order valence-electron chi connectivity index (χ3n) is 3.04. The van der Waals surface area contributed by atoms with Gasteiger partial charge in [-0.25, -0.2) is 0 Å². The van der Waals surface area contributed by atoms with E-state index in [0.717, 1.165) is 5.69 Å². The number of aliphatic hydroxyl groups excluding tert-OH is 1. The molecule has 0 amide bonds. The second-order valence-electron chi connectivity index (χ2n) is 4.40. The van der Waals surface area contributed by atoms with E-state index in [9.17, 15) is 5.11 Å². The third kappa shape index (κ3) is 2.77. The molecule has 5 nitrogen and oxygen atoms in total. The highest BCUT2D eigenvalue weighted by atomic mass is 32.1. The van der Waals surface area contributed by atoms with Gasteiger partial charge in [0.15, 0.2) is 0 Å². The lowest BCUT2D eigenvalue weighted by molar-refractivity contribution is -0.0103. The maximum atomic E-state index is 9.18. The van der Waals surface area contributed by atoms with Crippen LogP contribution in [0.15, 0.2) is 18.3 Å². The predicted octanol–water partition coefficient (Wildman–Crippen LogP) is 0.302. The Kier molecular flexibility index (Phi) is 4.11. The lowest BCUT2D eigenvalue weighted by Crippen LogP contribution is -2.49. The van der Waals surface area contributed by atoms with Crippen molar-refractivity contribution in [3.8, 4) is 0 Å². The number of anilines is 1. The highest BCUT2D eigenvalue weighted by Crippen LogP contribution is 2.21. The van der Waals surface area contributed by atoms with Crippen LogP contribution >= 0.6 is 12.2 Å². The first-order chi connectivity index (χ1) is 8.61. The van der Waals surface area contributed by atoms with Gasteiger partial charge in [-0.1, -0.05) is 12.2 Å². The molecule has 98 valence electrons. The maximum absolute atomic E-state index is 9.18. The van der Waals surface area contributed by atoms with Crippen molar-refractivity contribution in [2.45, 2.75) is 19.1 Å². The number of nitrogens with two attached hydrogens (primary N) is 1. The number of morpholine rings is 1. The molecule has 2 heterocycles. The van der Waals surface area contributed by atoms with Gasteiger partial charge in [0.25, 0.3) is 0 Å². The van der Waals surface area contributed by atoms with Gasteiger partial charge in [0.1, 0.15) is 4.99 Å². The summed E-state index contributed by atoms with van der Waals surface area (Å²) < 4.78 is 5.51. The standard InChI is InChI=1S/C12H17N3O2S/c1-8-7-17-10(6-16)5-15(8)9-2-3-14-11(4-9)12(13)18/h2-4,8,10,16H,5-7H2,1H3,(H2,13,18). The Morgan fingerprint density at radius 2 is 2.50 bits per heavy atom. The number of aliphatic hydroxyl groups is 1. The molecule has 3 N–H and O–H groups in total. The van der Waals surface area contributed by atoms with E-state index in [1.165, 1.54) is 0 Å². The molecular formula is C12H17N3O2S. The van der Waals surface area contributed by atoms with Crippen LogP contribution < -0.4 is 10.6 Å². The summed E-state index contributed by atoms with van der Waals surface area (Å²) in [5.74, 6) is 0. The molecule has 2 atom stereocenters. The number of hydrogen-bond acceptors (Lipinski definition) is 5. The third-order valence-corrected chi connectivity index (χ3v) is 3.25. The molecule has 1 fully saturated rings. The Labute approximate surface area is 112 Å². The van der Waals surface area contributed by atoms with Crippen LogP contribution in [0.4, 0.5) is 5.69 Å². The first kappa shape index (κ1) is 13.2. The van der Waals surface area contributed by atoms with Crippen LogP contribution in [-0.2, 0) is 4.74 Å². The SMILES string of the molecule is CC1COC(CO)CN1c1ccnc(C(N)=S)c1. The zero-order valence-electron chi connectivity index (χ0n) is 10.2. The van der Waals surface area contributed by atoms with Gasteiger partial charge in [-0.2, -0.15) is 0 Å². The maximum Gasteiger partial charge on any atom is 0.122 e. The van der Waals surface area contributed by atoms with Gasteiger partial charge < -0.3 is 20.5 Å². The van der Waals surface area contributed by atoms with Crippen LogP contribution in [0.25, 0.3) is 0 Å². The minimum Gasteiger partial charge on any atom is -0.394 e. The van der Waals surface area contributed by atoms with Gasteiger partial charge in [0.05, 0.1) is 25.0 Å². The van der Waals surface area contributed by atoms with Gasteiger partial charge >= 0.3 is 0 Å². The van der Waals surface area contributed by atoms with E-state index >= 15 is 0 Å². The summed E-state index contributed by atoms with van der Waals surface area (Å²) in [7, 11) is 0. The van der Waals surface area contributed by atoms with Gasteiger partial charge in [0.2, 0.25) is 0 Å². The zero-order valence-corrected chi connectivity index (χ0v) is 11.1. The van der Waals surface area contributed by atoms with Crippen LogP contribution in [0.2, 0.25) is 0 Å². The number of rotatable bonds is 3. The Morgan fingerprint density at radius 3 is 3.17 bits per heavy atom. The van der Waals surface area contributed by atoms with E-state index in [-0.39, 0.29) is 23.7 Å². The number of pyridine rings is 1. The van der Waals surface area contributed by atoms with Crippen LogP contribution in [-0.4, -0.2) is 47.0 Å². The average Bonchev–Trinajstić information content (AvgIpc) is 2.39. The van der Waals surface area contributed by atoms with Crippen molar-refractivity contribution >= 4 is 22.9 Å². The Morgan fingerprint density at radius 1 is 1.72 bits per heavy atom. The Balaban J connectivity index is 2.23. The molecule has 0 saturated carbocycles. The van der Waals surface area contributed by atoms with E-state index in [4.69, 9.17) is 22.7 Å². The lowest BCUT2D eigenvalue weighted by atomic mass is 10.1. The Hall–Kier alpha value is -1.24. The molecule has 6 heteroatoms. The van der Waals surface area contributed by atoms with E-state index in [1.54, 1.807) is 6.20 Å². The van der Waals surface area contributed by atoms with Crippen molar-refractivity contribution < 1.29 is 9.84 Å². The fourth-order valence-electron chi connectivity index (χ4n) is 2.02. The molecule has 2 rings (SSSR count). The summed E-state index contributed by atoms with van der Waals surface area (Å²) in [6.07, 6.45) is 1.54.